The van der Waals surface area contributed by atoms with Crippen LogP contribution in [0.15, 0.2) is 35.5 Å². The van der Waals surface area contributed by atoms with Gasteiger partial charge >= 0.3 is 11.9 Å². The normalized spacial score (nSPS) is 28.8. The summed E-state index contributed by atoms with van der Waals surface area (Å²) in [4.78, 5) is 49.4. The number of aldehydes is 1. The molecule has 1 saturated carbocycles. The average molecular weight is 445 g/mol. The van der Waals surface area contributed by atoms with Crippen molar-refractivity contribution in [3.8, 4) is 0 Å². The summed E-state index contributed by atoms with van der Waals surface area (Å²) >= 11 is 0. The van der Waals surface area contributed by atoms with Crippen molar-refractivity contribution >= 4 is 24.0 Å². The molecule has 0 aromatic carbocycles. The number of fused-ring (bicyclic) bond motifs is 1. The fourth-order valence-corrected chi connectivity index (χ4v) is 5.02. The lowest BCUT2D eigenvalue weighted by Gasteiger charge is -2.48. The number of carbonyl (C=O) groups is 4. The van der Waals surface area contributed by atoms with Crippen LogP contribution in [-0.2, 0) is 28.7 Å². The molecule has 0 N–H and O–H groups in total. The van der Waals surface area contributed by atoms with Gasteiger partial charge in [0, 0.05) is 11.0 Å². The van der Waals surface area contributed by atoms with Crippen LogP contribution in [-0.4, -0.2) is 37.2 Å². The molecule has 2 rings (SSSR count). The highest BCUT2D eigenvalue weighted by molar-refractivity contribution is 6.00. The highest BCUT2D eigenvalue weighted by Crippen LogP contribution is 2.53. The third-order valence-electron chi connectivity index (χ3n) is 6.97. The minimum Gasteiger partial charge on any atom is -0.469 e. The van der Waals surface area contributed by atoms with Gasteiger partial charge in [-0.1, -0.05) is 46.3 Å². The first-order valence-corrected chi connectivity index (χ1v) is 11.5. The van der Waals surface area contributed by atoms with Gasteiger partial charge in [-0.15, -0.1) is 0 Å². The molecule has 0 radical (unpaired) electrons. The first-order chi connectivity index (χ1) is 15.1. The fourth-order valence-electron chi connectivity index (χ4n) is 5.02. The van der Waals surface area contributed by atoms with Gasteiger partial charge in [0.05, 0.1) is 18.9 Å². The first-order valence-electron chi connectivity index (χ1n) is 11.5. The van der Waals surface area contributed by atoms with Crippen molar-refractivity contribution in [2.75, 3.05) is 7.11 Å². The lowest BCUT2D eigenvalue weighted by molar-refractivity contribution is -0.155. The smallest absolute Gasteiger partial charge is 0.333 e. The van der Waals surface area contributed by atoms with Gasteiger partial charge in [0.2, 0.25) is 0 Å². The molecule has 2 aliphatic rings. The Morgan fingerprint density at radius 2 is 2.03 bits per heavy atom. The maximum Gasteiger partial charge on any atom is 0.333 e. The molecule has 6 nitrogen and oxygen atoms in total. The van der Waals surface area contributed by atoms with E-state index in [1.807, 2.05) is 13.0 Å². The molecule has 0 spiro atoms. The summed E-state index contributed by atoms with van der Waals surface area (Å²) in [7, 11) is 1.34. The van der Waals surface area contributed by atoms with E-state index in [4.69, 9.17) is 9.47 Å². The van der Waals surface area contributed by atoms with E-state index in [1.54, 1.807) is 6.92 Å². The van der Waals surface area contributed by atoms with Gasteiger partial charge in [0.15, 0.2) is 5.78 Å². The molecule has 32 heavy (non-hydrogen) atoms. The van der Waals surface area contributed by atoms with E-state index >= 15 is 0 Å². The summed E-state index contributed by atoms with van der Waals surface area (Å²) in [5.74, 6) is -1.94. The van der Waals surface area contributed by atoms with Crippen LogP contribution in [0.1, 0.15) is 66.2 Å². The summed E-state index contributed by atoms with van der Waals surface area (Å²) < 4.78 is 10.9. The number of rotatable bonds is 9. The number of esters is 2. The van der Waals surface area contributed by atoms with Crippen LogP contribution in [0, 0.1) is 23.2 Å². The van der Waals surface area contributed by atoms with Crippen LogP contribution in [0.25, 0.3) is 0 Å². The van der Waals surface area contributed by atoms with Crippen molar-refractivity contribution in [2.24, 2.45) is 23.2 Å². The molecule has 0 heterocycles. The molecule has 0 aliphatic heterocycles. The lowest BCUT2D eigenvalue weighted by atomic mass is 9.56. The van der Waals surface area contributed by atoms with E-state index in [9.17, 15) is 19.2 Å². The quantitative estimate of drug-likeness (QED) is 0.295. The molecule has 2 aliphatic carbocycles. The number of methoxy groups -OCH3 is 1. The van der Waals surface area contributed by atoms with E-state index in [0.29, 0.717) is 30.3 Å². The molecule has 176 valence electrons. The zero-order valence-electron chi connectivity index (χ0n) is 19.9. The molecular formula is C26H36O6. The van der Waals surface area contributed by atoms with Crippen molar-refractivity contribution in [3.63, 3.8) is 0 Å². The van der Waals surface area contributed by atoms with Crippen molar-refractivity contribution in [2.45, 2.75) is 72.3 Å². The Bertz CT molecular complexity index is 835. The molecule has 0 aromatic heterocycles. The predicted molar refractivity (Wildman–Crippen MR) is 122 cm³/mol. The molecule has 1 fully saturated rings. The van der Waals surface area contributed by atoms with Crippen LogP contribution < -0.4 is 0 Å². The Kier molecular flexibility index (Phi) is 8.76. The Morgan fingerprint density at radius 3 is 2.62 bits per heavy atom. The maximum absolute atomic E-state index is 12.8. The molecule has 1 unspecified atom stereocenters. The highest BCUT2D eigenvalue weighted by atomic mass is 16.5. The third kappa shape index (κ3) is 5.45. The SMILES string of the molecule is C=C(C=O)[C@@H]1C[C@@]2(C)C(=CC1=O)[C@H](OC(=O)/C(C)=C/C(C)CCCC)CC[C@@H]2C(=O)OC. The van der Waals surface area contributed by atoms with Crippen molar-refractivity contribution < 1.29 is 28.7 Å². The van der Waals surface area contributed by atoms with Gasteiger partial charge < -0.3 is 9.47 Å². The Hall–Kier alpha value is -2.50. The first kappa shape index (κ1) is 25.8. The van der Waals surface area contributed by atoms with Crippen LogP contribution in [0.2, 0.25) is 0 Å². The molecule has 5 atom stereocenters. The summed E-state index contributed by atoms with van der Waals surface area (Å²) in [5.41, 5.74) is 0.584. The second-order valence-electron chi connectivity index (χ2n) is 9.39. The molecule has 0 aromatic rings. The minimum absolute atomic E-state index is 0.189. The summed E-state index contributed by atoms with van der Waals surface area (Å²) in [5, 5.41) is 0. The summed E-state index contributed by atoms with van der Waals surface area (Å²) in [6, 6.07) is 0. The molecule has 0 saturated heterocycles. The Morgan fingerprint density at radius 1 is 1.34 bits per heavy atom. The van der Waals surface area contributed by atoms with Gasteiger partial charge in [-0.3, -0.25) is 14.4 Å². The fraction of sp³-hybridized carbons (Fsp3) is 0.615. The van der Waals surface area contributed by atoms with E-state index < -0.39 is 29.3 Å². The number of allylic oxidation sites excluding steroid dienone is 3. The number of ketones is 1. The van der Waals surface area contributed by atoms with Crippen molar-refractivity contribution in [1.82, 2.24) is 0 Å². The van der Waals surface area contributed by atoms with Crippen LogP contribution in [0.3, 0.4) is 0 Å². The Balaban J connectivity index is 2.33. The van der Waals surface area contributed by atoms with Gasteiger partial charge in [0.25, 0.3) is 0 Å². The largest absolute Gasteiger partial charge is 0.469 e. The van der Waals surface area contributed by atoms with Crippen LogP contribution in [0.5, 0.6) is 0 Å². The number of unbranched alkanes of at least 4 members (excludes halogenated alkanes) is 1. The number of hydrogen-bond donors (Lipinski definition) is 0. The summed E-state index contributed by atoms with van der Waals surface area (Å²) in [6.45, 7) is 11.6. The zero-order chi connectivity index (χ0) is 24.1. The second-order valence-corrected chi connectivity index (χ2v) is 9.39. The second kappa shape index (κ2) is 10.9. The highest BCUT2D eigenvalue weighted by Gasteiger charge is 2.53. The number of hydrogen-bond acceptors (Lipinski definition) is 6. The third-order valence-corrected chi connectivity index (χ3v) is 6.97. The van der Waals surface area contributed by atoms with Crippen LogP contribution in [0.4, 0.5) is 0 Å². The topological polar surface area (TPSA) is 86.7 Å². The maximum atomic E-state index is 12.8. The van der Waals surface area contributed by atoms with E-state index in [1.165, 1.54) is 13.2 Å². The van der Waals surface area contributed by atoms with Gasteiger partial charge in [-0.25, -0.2) is 4.79 Å². The monoisotopic (exact) mass is 444 g/mol. The predicted octanol–water partition coefficient (Wildman–Crippen LogP) is 4.53. The van der Waals surface area contributed by atoms with Gasteiger partial charge in [0.1, 0.15) is 12.4 Å². The number of ether oxygens (including phenoxy) is 2. The number of carbonyl (C=O) groups excluding carboxylic acids is 4. The Labute approximate surface area is 191 Å². The molecule has 0 amide bonds. The standard InChI is InChI=1S/C26H36O6/c1-7-8-9-16(2)12-17(3)24(29)32-23-11-10-20(25(30)31-6)26(5)14-19(18(4)15-27)22(28)13-21(23)26/h12-13,15-16,19-20,23H,4,7-11,14H2,1-3,5-6H3/b17-12+/t16?,19-,20+,23+,26+/m0/s1. The summed E-state index contributed by atoms with van der Waals surface area (Å²) in [6.07, 6.45) is 7.73. The van der Waals surface area contributed by atoms with Gasteiger partial charge in [-0.05, 0) is 55.7 Å². The zero-order valence-corrected chi connectivity index (χ0v) is 19.9. The van der Waals surface area contributed by atoms with Gasteiger partial charge in [-0.2, -0.15) is 0 Å². The average Bonchev–Trinajstić information content (AvgIpc) is 2.76. The van der Waals surface area contributed by atoms with E-state index in [2.05, 4.69) is 20.4 Å². The van der Waals surface area contributed by atoms with E-state index in [-0.39, 0.29) is 29.7 Å². The van der Waals surface area contributed by atoms with Crippen molar-refractivity contribution in [1.29, 1.82) is 0 Å². The molecule has 6 heteroatoms. The molecular weight excluding hydrogens is 408 g/mol. The van der Waals surface area contributed by atoms with Crippen molar-refractivity contribution in [3.05, 3.63) is 35.5 Å². The minimum atomic E-state index is -0.771. The van der Waals surface area contributed by atoms with E-state index in [0.717, 1.165) is 19.3 Å². The van der Waals surface area contributed by atoms with Crippen LogP contribution >= 0.6 is 0 Å². The molecule has 0 bridgehead atoms. The lowest BCUT2D eigenvalue weighted by Crippen LogP contribution is -2.49.